The molecule has 0 saturated heterocycles. The maximum atomic E-state index is 13.1. The standard InChI is InChI=1S/C27H27N5O4S/c1-18(33)28-21-9-15-24(16-10-21)37(34,35)31-27-29-25(19-5-11-22(12-6-19)32(2)3)17-26(30-27)20-7-13-23(36-4)14-8-20/h5-17H,1-4H3,(H,28,33)(H,29,30,31). The molecule has 0 aliphatic rings. The number of sulfonamides is 1. The lowest BCUT2D eigenvalue weighted by molar-refractivity contribution is -0.114. The van der Waals surface area contributed by atoms with Gasteiger partial charge in [0.1, 0.15) is 5.75 Å². The molecular formula is C27H27N5O4S. The maximum Gasteiger partial charge on any atom is 0.264 e. The van der Waals surface area contributed by atoms with E-state index in [-0.39, 0.29) is 16.8 Å². The monoisotopic (exact) mass is 517 g/mol. The van der Waals surface area contributed by atoms with Gasteiger partial charge >= 0.3 is 0 Å². The van der Waals surface area contributed by atoms with Gasteiger partial charge in [-0.15, -0.1) is 0 Å². The third-order valence-electron chi connectivity index (χ3n) is 5.50. The lowest BCUT2D eigenvalue weighted by Gasteiger charge is -2.14. The molecule has 2 N–H and O–H groups in total. The number of nitrogens with zero attached hydrogens (tertiary/aromatic N) is 3. The molecule has 3 aromatic carbocycles. The molecule has 10 heteroatoms. The van der Waals surface area contributed by atoms with Crippen LogP contribution < -0.4 is 19.7 Å². The Balaban J connectivity index is 1.73. The molecular weight excluding hydrogens is 490 g/mol. The predicted molar refractivity (Wildman–Crippen MR) is 145 cm³/mol. The minimum atomic E-state index is -4.00. The minimum absolute atomic E-state index is 0.0111. The van der Waals surface area contributed by atoms with Gasteiger partial charge in [0.05, 0.1) is 23.4 Å². The molecule has 0 atom stereocenters. The number of benzene rings is 3. The Labute approximate surface area is 216 Å². The number of carbonyl (C=O) groups excluding carboxylic acids is 1. The van der Waals surface area contributed by atoms with E-state index in [1.807, 2.05) is 73.6 Å². The second-order valence-corrected chi connectivity index (χ2v) is 10.1. The number of aromatic nitrogens is 2. The van der Waals surface area contributed by atoms with Gasteiger partial charge in [0.25, 0.3) is 10.0 Å². The summed E-state index contributed by atoms with van der Waals surface area (Å²) in [7, 11) is 1.50. The van der Waals surface area contributed by atoms with Crippen molar-refractivity contribution in [2.45, 2.75) is 11.8 Å². The molecule has 0 fully saturated rings. The largest absolute Gasteiger partial charge is 0.497 e. The number of hydrogen-bond donors (Lipinski definition) is 2. The first-order valence-electron chi connectivity index (χ1n) is 11.4. The van der Waals surface area contributed by atoms with Gasteiger partial charge in [-0.3, -0.25) is 4.79 Å². The average molecular weight is 518 g/mol. The first-order chi connectivity index (χ1) is 17.6. The molecule has 9 nitrogen and oxygen atoms in total. The van der Waals surface area contributed by atoms with Crippen LogP contribution in [-0.4, -0.2) is 45.5 Å². The fourth-order valence-corrected chi connectivity index (χ4v) is 4.52. The summed E-state index contributed by atoms with van der Waals surface area (Å²) >= 11 is 0. The number of ether oxygens (including phenoxy) is 1. The van der Waals surface area contributed by atoms with Crippen LogP contribution in [0.25, 0.3) is 22.5 Å². The van der Waals surface area contributed by atoms with Crippen LogP contribution in [0.5, 0.6) is 5.75 Å². The van der Waals surface area contributed by atoms with Crippen molar-refractivity contribution in [3.05, 3.63) is 78.9 Å². The Morgan fingerprint density at radius 3 is 1.86 bits per heavy atom. The zero-order valence-corrected chi connectivity index (χ0v) is 21.7. The number of anilines is 3. The third kappa shape index (κ3) is 6.22. The highest BCUT2D eigenvalue weighted by Crippen LogP contribution is 2.28. The first kappa shape index (κ1) is 25.6. The Hall–Kier alpha value is -4.44. The van der Waals surface area contributed by atoms with Gasteiger partial charge in [-0.2, -0.15) is 0 Å². The maximum absolute atomic E-state index is 13.1. The van der Waals surface area contributed by atoms with E-state index in [1.54, 1.807) is 7.11 Å². The van der Waals surface area contributed by atoms with E-state index in [4.69, 9.17) is 4.74 Å². The topological polar surface area (TPSA) is 114 Å². The molecule has 4 rings (SSSR count). The first-order valence-corrected chi connectivity index (χ1v) is 12.8. The number of methoxy groups -OCH3 is 1. The normalized spacial score (nSPS) is 11.0. The Morgan fingerprint density at radius 1 is 0.838 bits per heavy atom. The Morgan fingerprint density at radius 2 is 1.38 bits per heavy atom. The summed E-state index contributed by atoms with van der Waals surface area (Å²) in [4.78, 5) is 22.3. The minimum Gasteiger partial charge on any atom is -0.497 e. The molecule has 0 unspecified atom stereocenters. The molecule has 190 valence electrons. The van der Waals surface area contributed by atoms with Gasteiger partial charge in [0.2, 0.25) is 11.9 Å². The van der Waals surface area contributed by atoms with E-state index >= 15 is 0 Å². The SMILES string of the molecule is COc1ccc(-c2cc(-c3ccc(N(C)C)cc3)nc(NS(=O)(=O)c3ccc(NC(C)=O)cc3)n2)cc1. The zero-order chi connectivity index (χ0) is 26.6. The molecule has 0 aliphatic heterocycles. The number of carbonyl (C=O) groups is 1. The van der Waals surface area contributed by atoms with Crippen molar-refractivity contribution < 1.29 is 17.9 Å². The third-order valence-corrected chi connectivity index (χ3v) is 6.85. The predicted octanol–water partition coefficient (Wildman–Crippen LogP) is 4.64. The van der Waals surface area contributed by atoms with Crippen molar-refractivity contribution in [3.8, 4) is 28.3 Å². The lowest BCUT2D eigenvalue weighted by atomic mass is 10.1. The zero-order valence-electron chi connectivity index (χ0n) is 20.9. The van der Waals surface area contributed by atoms with E-state index in [0.29, 0.717) is 22.8 Å². The summed E-state index contributed by atoms with van der Waals surface area (Å²) in [5.74, 6) is 0.385. The molecule has 1 aromatic heterocycles. The summed E-state index contributed by atoms with van der Waals surface area (Å²) in [6, 6.07) is 22.7. The van der Waals surface area contributed by atoms with Crippen molar-refractivity contribution in [1.82, 2.24) is 9.97 Å². The number of amides is 1. The molecule has 0 bridgehead atoms. The molecule has 1 amide bonds. The van der Waals surface area contributed by atoms with Crippen LogP contribution in [0.2, 0.25) is 0 Å². The van der Waals surface area contributed by atoms with Crippen molar-refractivity contribution in [1.29, 1.82) is 0 Å². The van der Waals surface area contributed by atoms with Gasteiger partial charge in [-0.1, -0.05) is 12.1 Å². The summed E-state index contributed by atoms with van der Waals surface area (Å²) in [5, 5.41) is 2.61. The van der Waals surface area contributed by atoms with Crippen LogP contribution >= 0.6 is 0 Å². The molecule has 0 aliphatic carbocycles. The molecule has 0 spiro atoms. The highest BCUT2D eigenvalue weighted by molar-refractivity contribution is 7.92. The van der Waals surface area contributed by atoms with Crippen LogP contribution in [-0.2, 0) is 14.8 Å². The second-order valence-electron chi connectivity index (χ2n) is 8.44. The summed E-state index contributed by atoms with van der Waals surface area (Å²) in [6.07, 6.45) is 0. The summed E-state index contributed by atoms with van der Waals surface area (Å²) in [6.45, 7) is 1.38. The highest BCUT2D eigenvalue weighted by Gasteiger charge is 2.18. The Bertz CT molecular complexity index is 1500. The fourth-order valence-electron chi connectivity index (χ4n) is 3.58. The quantitative estimate of drug-likeness (QED) is 0.350. The summed E-state index contributed by atoms with van der Waals surface area (Å²) in [5.41, 5.74) is 4.20. The van der Waals surface area contributed by atoms with Crippen LogP contribution in [0.3, 0.4) is 0 Å². The fraction of sp³-hybridized carbons (Fsp3) is 0.148. The van der Waals surface area contributed by atoms with Crippen molar-refractivity contribution >= 4 is 33.3 Å². The van der Waals surface area contributed by atoms with Crippen LogP contribution in [0.15, 0.2) is 83.8 Å². The van der Waals surface area contributed by atoms with Gasteiger partial charge in [-0.25, -0.2) is 23.1 Å². The van der Waals surface area contributed by atoms with E-state index in [9.17, 15) is 13.2 Å². The van der Waals surface area contributed by atoms with Gasteiger partial charge in [-0.05, 0) is 66.7 Å². The van der Waals surface area contributed by atoms with Crippen molar-refractivity contribution in [3.63, 3.8) is 0 Å². The Kier molecular flexibility index (Phi) is 7.40. The molecule has 37 heavy (non-hydrogen) atoms. The van der Waals surface area contributed by atoms with E-state index in [2.05, 4.69) is 20.0 Å². The molecule has 1 heterocycles. The summed E-state index contributed by atoms with van der Waals surface area (Å²) < 4.78 is 34.0. The van der Waals surface area contributed by atoms with Crippen LogP contribution in [0.1, 0.15) is 6.92 Å². The van der Waals surface area contributed by atoms with Crippen molar-refractivity contribution in [2.75, 3.05) is 36.1 Å². The number of hydrogen-bond acceptors (Lipinski definition) is 7. The smallest absolute Gasteiger partial charge is 0.264 e. The number of nitrogens with one attached hydrogen (secondary N) is 2. The lowest BCUT2D eigenvalue weighted by Crippen LogP contribution is -2.16. The molecule has 0 radical (unpaired) electrons. The van der Waals surface area contributed by atoms with E-state index in [1.165, 1.54) is 31.2 Å². The van der Waals surface area contributed by atoms with E-state index < -0.39 is 10.0 Å². The second kappa shape index (κ2) is 10.7. The van der Waals surface area contributed by atoms with Gasteiger partial charge in [0, 0.05) is 43.5 Å². The van der Waals surface area contributed by atoms with Crippen molar-refractivity contribution in [2.24, 2.45) is 0 Å². The molecule has 4 aromatic rings. The number of rotatable bonds is 8. The average Bonchev–Trinajstić information content (AvgIpc) is 2.88. The van der Waals surface area contributed by atoms with Gasteiger partial charge < -0.3 is 15.0 Å². The highest BCUT2D eigenvalue weighted by atomic mass is 32.2. The van der Waals surface area contributed by atoms with E-state index in [0.717, 1.165) is 16.8 Å². The van der Waals surface area contributed by atoms with Gasteiger partial charge in [0.15, 0.2) is 0 Å². The van der Waals surface area contributed by atoms with Crippen LogP contribution in [0, 0.1) is 0 Å². The van der Waals surface area contributed by atoms with Crippen LogP contribution in [0.4, 0.5) is 17.3 Å². The molecule has 0 saturated carbocycles.